The minimum Gasteiger partial charge on any atom is -0.380 e. The van der Waals surface area contributed by atoms with Crippen LogP contribution in [0.1, 0.15) is 20.3 Å². The Morgan fingerprint density at radius 3 is 2.60 bits per heavy atom. The highest BCUT2D eigenvalue weighted by Gasteiger charge is 2.02. The van der Waals surface area contributed by atoms with E-state index in [0.717, 1.165) is 32.7 Å². The van der Waals surface area contributed by atoms with Gasteiger partial charge in [0.05, 0.1) is 6.61 Å². The number of hydrazine groups is 1. The number of nitrogens with two attached hydrogens (primary N) is 1. The molecule has 3 nitrogen and oxygen atoms in total. The van der Waals surface area contributed by atoms with E-state index in [0.29, 0.717) is 0 Å². The molecule has 0 spiro atoms. The second kappa shape index (κ2) is 6.99. The Morgan fingerprint density at radius 1 is 1.20 bits per heavy atom. The predicted octanol–water partition coefficient (Wildman–Crippen LogP) is 0.609. The van der Waals surface area contributed by atoms with E-state index < -0.39 is 0 Å². The summed E-state index contributed by atoms with van der Waals surface area (Å²) in [7, 11) is 0. The molecule has 0 unspecified atom stereocenters. The van der Waals surface area contributed by atoms with Crippen molar-refractivity contribution >= 4 is 0 Å². The van der Waals surface area contributed by atoms with Crippen molar-refractivity contribution in [3.8, 4) is 0 Å². The van der Waals surface area contributed by atoms with E-state index in [1.54, 1.807) is 5.01 Å². The Labute approximate surface area is 63.1 Å². The average Bonchev–Trinajstić information content (AvgIpc) is 2.21. The number of rotatable bonds is 0. The third kappa shape index (κ3) is 4.73. The SMILES string of the molecule is CC.NN1CCCOCC1. The Morgan fingerprint density at radius 2 is 1.90 bits per heavy atom. The number of ether oxygens (including phenoxy) is 1. The first-order chi connectivity index (χ1) is 4.89. The van der Waals surface area contributed by atoms with Gasteiger partial charge in [-0.2, -0.15) is 0 Å². The monoisotopic (exact) mass is 146 g/mol. The molecule has 0 aliphatic carbocycles. The first kappa shape index (κ1) is 9.88. The summed E-state index contributed by atoms with van der Waals surface area (Å²) in [5, 5.41) is 1.80. The zero-order valence-electron chi connectivity index (χ0n) is 6.97. The van der Waals surface area contributed by atoms with Crippen LogP contribution in [0.25, 0.3) is 0 Å². The van der Waals surface area contributed by atoms with Gasteiger partial charge in [-0.1, -0.05) is 13.8 Å². The lowest BCUT2D eigenvalue weighted by atomic mass is 10.4. The van der Waals surface area contributed by atoms with Crippen LogP contribution in [0.3, 0.4) is 0 Å². The summed E-state index contributed by atoms with van der Waals surface area (Å²) in [5.74, 6) is 5.49. The predicted molar refractivity (Wildman–Crippen MR) is 42.5 cm³/mol. The van der Waals surface area contributed by atoms with Crippen molar-refractivity contribution in [3.63, 3.8) is 0 Å². The van der Waals surface area contributed by atoms with E-state index in [9.17, 15) is 0 Å². The highest BCUT2D eigenvalue weighted by Crippen LogP contribution is 1.91. The summed E-state index contributed by atoms with van der Waals surface area (Å²) in [6.07, 6.45) is 1.07. The van der Waals surface area contributed by atoms with Gasteiger partial charge in [-0.25, -0.2) is 5.01 Å². The van der Waals surface area contributed by atoms with Crippen LogP contribution in [0, 0.1) is 0 Å². The molecule has 2 N–H and O–H groups in total. The van der Waals surface area contributed by atoms with Crippen LogP contribution in [0.5, 0.6) is 0 Å². The molecule has 1 rings (SSSR count). The highest BCUT2D eigenvalue weighted by atomic mass is 16.5. The van der Waals surface area contributed by atoms with Gasteiger partial charge in [0.2, 0.25) is 0 Å². The first-order valence-electron chi connectivity index (χ1n) is 3.97. The van der Waals surface area contributed by atoms with Crippen LogP contribution in [0.2, 0.25) is 0 Å². The zero-order chi connectivity index (χ0) is 7.82. The van der Waals surface area contributed by atoms with Crippen molar-refractivity contribution in [2.75, 3.05) is 26.3 Å². The Balaban J connectivity index is 0.000000371. The van der Waals surface area contributed by atoms with Crippen LogP contribution < -0.4 is 5.84 Å². The van der Waals surface area contributed by atoms with Gasteiger partial charge in [-0.05, 0) is 6.42 Å². The third-order valence-electron chi connectivity index (χ3n) is 1.26. The van der Waals surface area contributed by atoms with E-state index >= 15 is 0 Å². The fourth-order valence-corrected chi connectivity index (χ4v) is 0.765. The number of hydrogen-bond acceptors (Lipinski definition) is 3. The van der Waals surface area contributed by atoms with E-state index in [4.69, 9.17) is 10.6 Å². The molecule has 0 aromatic heterocycles. The molecular formula is C7H18N2O. The molecule has 3 heteroatoms. The smallest absolute Gasteiger partial charge is 0.0607 e. The maximum absolute atomic E-state index is 5.49. The summed E-state index contributed by atoms with van der Waals surface area (Å²) < 4.78 is 5.14. The van der Waals surface area contributed by atoms with Crippen molar-refractivity contribution < 1.29 is 4.74 Å². The molecule has 0 aromatic carbocycles. The molecule has 0 aromatic rings. The van der Waals surface area contributed by atoms with Gasteiger partial charge in [0, 0.05) is 19.7 Å². The summed E-state index contributed by atoms with van der Waals surface area (Å²) in [5.41, 5.74) is 0. The fraction of sp³-hybridized carbons (Fsp3) is 1.00. The highest BCUT2D eigenvalue weighted by molar-refractivity contribution is 4.51. The molecule has 1 fully saturated rings. The summed E-state index contributed by atoms with van der Waals surface area (Å²) >= 11 is 0. The third-order valence-corrected chi connectivity index (χ3v) is 1.26. The second-order valence-corrected chi connectivity index (χ2v) is 2.00. The molecule has 0 bridgehead atoms. The lowest BCUT2D eigenvalue weighted by Gasteiger charge is -2.09. The summed E-state index contributed by atoms with van der Waals surface area (Å²) in [6, 6.07) is 0. The minimum absolute atomic E-state index is 0.788. The van der Waals surface area contributed by atoms with Gasteiger partial charge in [-0.15, -0.1) is 0 Å². The fourth-order valence-electron chi connectivity index (χ4n) is 0.765. The minimum atomic E-state index is 0.788. The van der Waals surface area contributed by atoms with Gasteiger partial charge in [-0.3, -0.25) is 5.84 Å². The van der Waals surface area contributed by atoms with Crippen LogP contribution in [-0.2, 0) is 4.74 Å². The van der Waals surface area contributed by atoms with Gasteiger partial charge in [0.1, 0.15) is 0 Å². The quantitative estimate of drug-likeness (QED) is 0.509. The normalized spacial score (nSPS) is 20.7. The average molecular weight is 146 g/mol. The van der Waals surface area contributed by atoms with E-state index in [1.807, 2.05) is 13.8 Å². The van der Waals surface area contributed by atoms with Crippen LogP contribution in [-0.4, -0.2) is 31.3 Å². The van der Waals surface area contributed by atoms with Gasteiger partial charge in [0.15, 0.2) is 0 Å². The van der Waals surface area contributed by atoms with Crippen molar-refractivity contribution in [2.45, 2.75) is 20.3 Å². The Bertz CT molecular complexity index is 60.6. The van der Waals surface area contributed by atoms with E-state index in [1.165, 1.54) is 0 Å². The van der Waals surface area contributed by atoms with Gasteiger partial charge in [0.25, 0.3) is 0 Å². The van der Waals surface area contributed by atoms with Gasteiger partial charge < -0.3 is 4.74 Å². The lowest BCUT2D eigenvalue weighted by molar-refractivity contribution is 0.141. The molecule has 1 aliphatic heterocycles. The largest absolute Gasteiger partial charge is 0.380 e. The maximum Gasteiger partial charge on any atom is 0.0607 e. The van der Waals surface area contributed by atoms with Crippen LogP contribution in [0.4, 0.5) is 0 Å². The van der Waals surface area contributed by atoms with E-state index in [-0.39, 0.29) is 0 Å². The molecule has 62 valence electrons. The standard InChI is InChI=1S/C5H12N2O.C2H6/c6-7-2-1-4-8-5-3-7;1-2/h1-6H2;1-2H3. The van der Waals surface area contributed by atoms with Gasteiger partial charge >= 0.3 is 0 Å². The summed E-state index contributed by atoms with van der Waals surface area (Å²) in [4.78, 5) is 0. The number of nitrogens with zero attached hydrogens (tertiary/aromatic N) is 1. The lowest BCUT2D eigenvalue weighted by Crippen LogP contribution is -2.32. The molecule has 0 saturated carbocycles. The van der Waals surface area contributed by atoms with E-state index in [2.05, 4.69) is 0 Å². The number of hydrogen-bond donors (Lipinski definition) is 1. The maximum atomic E-state index is 5.49. The van der Waals surface area contributed by atoms with Crippen LogP contribution >= 0.6 is 0 Å². The molecule has 1 heterocycles. The van der Waals surface area contributed by atoms with Crippen molar-refractivity contribution in [3.05, 3.63) is 0 Å². The molecule has 0 amide bonds. The first-order valence-corrected chi connectivity index (χ1v) is 3.97. The topological polar surface area (TPSA) is 38.5 Å². The molecule has 1 saturated heterocycles. The molecule has 0 radical (unpaired) electrons. The molecule has 10 heavy (non-hydrogen) atoms. The van der Waals surface area contributed by atoms with Crippen LogP contribution in [0.15, 0.2) is 0 Å². The molecule has 0 atom stereocenters. The summed E-state index contributed by atoms with van der Waals surface area (Å²) in [6.45, 7) is 7.50. The van der Waals surface area contributed by atoms with Crippen molar-refractivity contribution in [1.29, 1.82) is 0 Å². The second-order valence-electron chi connectivity index (χ2n) is 2.00. The zero-order valence-corrected chi connectivity index (χ0v) is 6.97. The Hall–Kier alpha value is -0.120. The Kier molecular flexibility index (Phi) is 6.91. The van der Waals surface area contributed by atoms with Crippen molar-refractivity contribution in [1.82, 2.24) is 5.01 Å². The molecule has 1 aliphatic rings. The van der Waals surface area contributed by atoms with Crippen molar-refractivity contribution in [2.24, 2.45) is 5.84 Å². The molecular weight excluding hydrogens is 128 g/mol.